The number of fused-ring (bicyclic) bond motifs is 1. The quantitative estimate of drug-likeness (QED) is 0.431. The summed E-state index contributed by atoms with van der Waals surface area (Å²) in [6, 6.07) is 20.1. The lowest BCUT2D eigenvalue weighted by molar-refractivity contribution is 0.104. The van der Waals surface area contributed by atoms with Crippen molar-refractivity contribution < 1.29 is 4.79 Å². The molecule has 0 bridgehead atoms. The van der Waals surface area contributed by atoms with E-state index in [0.717, 1.165) is 30.6 Å². The molecule has 0 fully saturated rings. The third-order valence-electron chi connectivity index (χ3n) is 5.68. The Morgan fingerprint density at radius 3 is 2.31 bits per heavy atom. The van der Waals surface area contributed by atoms with Crippen LogP contribution in [0.2, 0.25) is 0 Å². The van der Waals surface area contributed by atoms with Crippen molar-refractivity contribution in [3.05, 3.63) is 101 Å². The minimum absolute atomic E-state index is 0.0506. The first-order valence-electron chi connectivity index (χ1n) is 10.4. The number of carbonyl (C=O) groups is 1. The van der Waals surface area contributed by atoms with Gasteiger partial charge in [-0.3, -0.25) is 4.79 Å². The summed E-state index contributed by atoms with van der Waals surface area (Å²) in [4.78, 5) is 15.0. The van der Waals surface area contributed by atoms with Crippen LogP contribution in [0.15, 0.2) is 72.9 Å². The van der Waals surface area contributed by atoms with Crippen LogP contribution in [0.3, 0.4) is 0 Å². The molecule has 0 atom stereocenters. The van der Waals surface area contributed by atoms with Crippen LogP contribution in [-0.4, -0.2) is 29.3 Å². The summed E-state index contributed by atoms with van der Waals surface area (Å²) in [6.07, 6.45) is 8.68. The summed E-state index contributed by atoms with van der Waals surface area (Å²) in [5, 5.41) is 0. The molecule has 1 aliphatic rings. The van der Waals surface area contributed by atoms with Crippen molar-refractivity contribution in [3.8, 4) is 0 Å². The average Bonchev–Trinajstić information content (AvgIpc) is 3.11. The molecule has 1 aliphatic carbocycles. The molecule has 3 heteroatoms. The zero-order valence-corrected chi connectivity index (χ0v) is 17.3. The Labute approximate surface area is 173 Å². The van der Waals surface area contributed by atoms with Gasteiger partial charge in [0.2, 0.25) is 0 Å². The minimum Gasteiger partial charge on any atom is -0.377 e. The SMILES string of the molecule is CN(C)/C(=C/C(=O)c1ccccc1)c1cn(Cc2ccccc2)c2c1CCCC2. The van der Waals surface area contributed by atoms with Gasteiger partial charge in [0.25, 0.3) is 0 Å². The summed E-state index contributed by atoms with van der Waals surface area (Å²) in [5.74, 6) is 0.0506. The van der Waals surface area contributed by atoms with Crippen LogP contribution in [0.5, 0.6) is 0 Å². The number of hydrogen-bond donors (Lipinski definition) is 0. The number of benzene rings is 2. The molecular weight excluding hydrogens is 356 g/mol. The van der Waals surface area contributed by atoms with Crippen LogP contribution >= 0.6 is 0 Å². The van der Waals surface area contributed by atoms with Crippen LogP contribution < -0.4 is 0 Å². The van der Waals surface area contributed by atoms with E-state index < -0.39 is 0 Å². The summed E-state index contributed by atoms with van der Waals surface area (Å²) < 4.78 is 2.39. The van der Waals surface area contributed by atoms with E-state index in [4.69, 9.17) is 0 Å². The number of carbonyl (C=O) groups excluding carboxylic acids is 1. The molecule has 1 heterocycles. The smallest absolute Gasteiger partial charge is 0.187 e. The van der Waals surface area contributed by atoms with Gasteiger partial charge in [-0.2, -0.15) is 0 Å². The highest BCUT2D eigenvalue weighted by Crippen LogP contribution is 2.32. The van der Waals surface area contributed by atoms with Crippen molar-refractivity contribution in [3.63, 3.8) is 0 Å². The lowest BCUT2D eigenvalue weighted by Gasteiger charge is -2.20. The Hall–Kier alpha value is -3.07. The molecule has 4 rings (SSSR count). The molecule has 0 amide bonds. The first-order valence-corrected chi connectivity index (χ1v) is 10.4. The molecule has 2 aromatic carbocycles. The molecular formula is C26H28N2O. The fourth-order valence-electron chi connectivity index (χ4n) is 4.21. The van der Waals surface area contributed by atoms with E-state index in [1.54, 1.807) is 6.08 Å². The maximum Gasteiger partial charge on any atom is 0.187 e. The number of hydrogen-bond acceptors (Lipinski definition) is 2. The molecule has 1 aromatic heterocycles. The second kappa shape index (κ2) is 8.52. The van der Waals surface area contributed by atoms with Crippen molar-refractivity contribution in [2.24, 2.45) is 0 Å². The predicted octanol–water partition coefficient (Wildman–Crippen LogP) is 5.20. The third kappa shape index (κ3) is 4.19. The Morgan fingerprint density at radius 2 is 1.62 bits per heavy atom. The number of nitrogens with zero attached hydrogens (tertiary/aromatic N) is 2. The van der Waals surface area contributed by atoms with Crippen LogP contribution in [0, 0.1) is 0 Å². The first kappa shape index (κ1) is 19.3. The predicted molar refractivity (Wildman–Crippen MR) is 119 cm³/mol. The Kier molecular flexibility index (Phi) is 5.66. The summed E-state index contributed by atoms with van der Waals surface area (Å²) in [7, 11) is 4.04. The van der Waals surface area contributed by atoms with Crippen LogP contribution in [0.1, 0.15) is 45.6 Å². The van der Waals surface area contributed by atoms with Gasteiger partial charge >= 0.3 is 0 Å². The highest BCUT2D eigenvalue weighted by atomic mass is 16.1. The zero-order valence-electron chi connectivity index (χ0n) is 17.3. The van der Waals surface area contributed by atoms with Crippen molar-refractivity contribution >= 4 is 11.5 Å². The van der Waals surface area contributed by atoms with Gasteiger partial charge in [0.1, 0.15) is 0 Å². The molecule has 3 aromatic rings. The van der Waals surface area contributed by atoms with Gasteiger partial charge in [0.05, 0.1) is 0 Å². The second-order valence-corrected chi connectivity index (χ2v) is 7.94. The van der Waals surface area contributed by atoms with Crippen LogP contribution in [0.4, 0.5) is 0 Å². The normalized spacial score (nSPS) is 13.8. The minimum atomic E-state index is 0.0506. The molecule has 29 heavy (non-hydrogen) atoms. The maximum atomic E-state index is 12.9. The topological polar surface area (TPSA) is 25.2 Å². The molecule has 148 valence electrons. The van der Waals surface area contributed by atoms with Gasteiger partial charge in [-0.15, -0.1) is 0 Å². The number of allylic oxidation sites excluding steroid dienone is 1. The Morgan fingerprint density at radius 1 is 0.966 bits per heavy atom. The van der Waals surface area contributed by atoms with E-state index in [0.29, 0.717) is 0 Å². The molecule has 3 nitrogen and oxygen atoms in total. The van der Waals surface area contributed by atoms with Gasteiger partial charge < -0.3 is 9.47 Å². The molecule has 0 spiro atoms. The molecule has 0 saturated carbocycles. The molecule has 0 N–H and O–H groups in total. The van der Waals surface area contributed by atoms with E-state index in [1.807, 2.05) is 44.4 Å². The Balaban J connectivity index is 1.75. The lowest BCUT2D eigenvalue weighted by atomic mass is 9.93. The van der Waals surface area contributed by atoms with Crippen molar-refractivity contribution in [1.82, 2.24) is 9.47 Å². The average molecular weight is 385 g/mol. The van der Waals surface area contributed by atoms with Crippen molar-refractivity contribution in [2.75, 3.05) is 14.1 Å². The number of aromatic nitrogens is 1. The number of rotatable bonds is 6. The lowest BCUT2D eigenvalue weighted by Crippen LogP contribution is -2.14. The van der Waals surface area contributed by atoms with Gasteiger partial charge in [0, 0.05) is 55.4 Å². The van der Waals surface area contributed by atoms with Gasteiger partial charge in [-0.25, -0.2) is 0 Å². The summed E-state index contributed by atoms with van der Waals surface area (Å²) in [5.41, 5.74) is 7.05. The number of ketones is 1. The van der Waals surface area contributed by atoms with E-state index in [1.165, 1.54) is 35.2 Å². The standard InChI is InChI=1S/C26H28N2O/c1-27(2)25(17-26(29)21-13-7-4-8-14-21)23-19-28(18-20-11-5-3-6-12-20)24-16-10-9-15-22(23)24/h3-8,11-14,17,19H,9-10,15-16,18H2,1-2H3/b25-17+. The fourth-order valence-corrected chi connectivity index (χ4v) is 4.21. The Bertz CT molecular complexity index is 1010. The van der Waals surface area contributed by atoms with E-state index in [2.05, 4.69) is 46.0 Å². The largest absolute Gasteiger partial charge is 0.377 e. The molecule has 0 aliphatic heterocycles. The van der Waals surface area contributed by atoms with Crippen LogP contribution in [0.25, 0.3) is 5.70 Å². The van der Waals surface area contributed by atoms with E-state index in [9.17, 15) is 4.79 Å². The second-order valence-electron chi connectivity index (χ2n) is 7.94. The zero-order chi connectivity index (χ0) is 20.2. The van der Waals surface area contributed by atoms with E-state index >= 15 is 0 Å². The van der Waals surface area contributed by atoms with Crippen molar-refractivity contribution in [1.29, 1.82) is 0 Å². The highest BCUT2D eigenvalue weighted by molar-refractivity contribution is 6.08. The monoisotopic (exact) mass is 384 g/mol. The summed E-state index contributed by atoms with van der Waals surface area (Å²) in [6.45, 7) is 0.872. The first-order chi connectivity index (χ1) is 14.1. The molecule has 0 unspecified atom stereocenters. The van der Waals surface area contributed by atoms with Crippen LogP contribution in [-0.2, 0) is 19.4 Å². The van der Waals surface area contributed by atoms with Crippen molar-refractivity contribution in [2.45, 2.75) is 32.2 Å². The van der Waals surface area contributed by atoms with Gasteiger partial charge in [0.15, 0.2) is 5.78 Å². The third-order valence-corrected chi connectivity index (χ3v) is 5.68. The maximum absolute atomic E-state index is 12.9. The summed E-state index contributed by atoms with van der Waals surface area (Å²) >= 11 is 0. The molecule has 0 radical (unpaired) electrons. The molecule has 0 saturated heterocycles. The van der Waals surface area contributed by atoms with Gasteiger partial charge in [-0.05, 0) is 36.8 Å². The van der Waals surface area contributed by atoms with E-state index in [-0.39, 0.29) is 5.78 Å². The van der Waals surface area contributed by atoms with Gasteiger partial charge in [-0.1, -0.05) is 60.7 Å². The fraction of sp³-hybridized carbons (Fsp3) is 0.269. The highest BCUT2D eigenvalue weighted by Gasteiger charge is 2.22.